The summed E-state index contributed by atoms with van der Waals surface area (Å²) >= 11 is 0. The molecule has 7 nitrogen and oxygen atoms in total. The number of anilines is 6. The van der Waals surface area contributed by atoms with Crippen LogP contribution in [0.1, 0.15) is 154 Å². The third-order valence-corrected chi connectivity index (χ3v) is 26.2. The van der Waals surface area contributed by atoms with Crippen LogP contribution in [0.25, 0.3) is 154 Å². The van der Waals surface area contributed by atoms with Crippen LogP contribution < -0.4 is 26.2 Å². The molecule has 0 bridgehead atoms. The van der Waals surface area contributed by atoms with Gasteiger partial charge in [-0.15, -0.1) is 0 Å². The number of fused-ring (bicyclic) bond motifs is 19. The second-order valence-electron chi connectivity index (χ2n) is 39.0. The Labute approximate surface area is 747 Å². The summed E-state index contributed by atoms with van der Waals surface area (Å²) in [4.78, 5) is 4.45. The van der Waals surface area contributed by atoms with Gasteiger partial charge in [0.05, 0.1) is 88.8 Å². The Hall–Kier alpha value is -13.8. The minimum absolute atomic E-state index is 0.0953. The highest BCUT2D eigenvalue weighted by molar-refractivity contribution is 7.00. The summed E-state index contributed by atoms with van der Waals surface area (Å²) in [5, 5.41) is 5.40. The van der Waals surface area contributed by atoms with Crippen molar-refractivity contribution in [2.75, 3.05) is 9.80 Å². The van der Waals surface area contributed by atoms with Crippen LogP contribution in [0.2, 0.25) is 0 Å². The first-order valence-corrected chi connectivity index (χ1v) is 42.8. The molecule has 0 fully saturated rings. The van der Waals surface area contributed by atoms with E-state index in [1.54, 1.807) is 9.13 Å². The second-order valence-corrected chi connectivity index (χ2v) is 39.0. The summed E-state index contributed by atoms with van der Waals surface area (Å²) in [5.41, 5.74) is 19.4. The molecule has 8 heteroatoms. The Balaban J connectivity index is 0.933. The van der Waals surface area contributed by atoms with E-state index in [-0.39, 0.29) is 76.6 Å². The van der Waals surface area contributed by atoms with Crippen molar-refractivity contribution in [2.24, 2.45) is 0 Å². The van der Waals surface area contributed by atoms with Gasteiger partial charge in [0, 0.05) is 99.1 Å². The zero-order valence-corrected chi connectivity index (χ0v) is 72.1. The number of benzene rings is 16. The molecule has 2 aliphatic rings. The maximum absolute atomic E-state index is 10.4. The molecule has 2 aliphatic heterocycles. The predicted molar refractivity (Wildman–Crippen MR) is 529 cm³/mol. The van der Waals surface area contributed by atoms with Gasteiger partial charge in [0.2, 0.25) is 0 Å². The molecule has 16 aromatic carbocycles. The Bertz CT molecular complexity index is 8770. The van der Waals surface area contributed by atoms with Gasteiger partial charge >= 0.3 is 0 Å². The number of furan rings is 1. The van der Waals surface area contributed by atoms with E-state index in [9.17, 15) is 21.9 Å². The van der Waals surface area contributed by atoms with E-state index in [0.29, 0.717) is 56.2 Å². The molecule has 7 heterocycles. The van der Waals surface area contributed by atoms with Gasteiger partial charge in [0.25, 0.3) is 6.71 Å². The lowest BCUT2D eigenvalue weighted by Gasteiger charge is -2.45. The van der Waals surface area contributed by atoms with Crippen molar-refractivity contribution in [1.29, 1.82) is 0 Å². The number of rotatable bonds is 8. The molecule has 0 unspecified atom stereocenters. The highest BCUT2D eigenvalue weighted by atomic mass is 16.3. The monoisotopic (exact) mass is 1620 g/mol. The molecule has 0 spiro atoms. The molecular formula is C116H99BN6O. The van der Waals surface area contributed by atoms with Crippen molar-refractivity contribution in [3.05, 3.63) is 355 Å². The summed E-state index contributed by atoms with van der Waals surface area (Å²) < 4.78 is 172. The molecule has 0 N–H and O–H groups in total. The van der Waals surface area contributed by atoms with E-state index < -0.39 is 109 Å². The zero-order chi connectivity index (χ0) is 98.6. The van der Waals surface area contributed by atoms with Gasteiger partial charge in [0.15, 0.2) is 11.2 Å². The minimum Gasteiger partial charge on any atom is -0.452 e. The highest BCUT2D eigenvalue weighted by Crippen LogP contribution is 2.55. The number of nitrogens with zero attached hydrogens (tertiary/aromatic N) is 6. The lowest BCUT2D eigenvalue weighted by Crippen LogP contribution is -2.61. The van der Waals surface area contributed by atoms with Crippen molar-refractivity contribution in [3.8, 4) is 45.0 Å². The van der Waals surface area contributed by atoms with Crippen LogP contribution in [0.4, 0.5) is 34.1 Å². The van der Waals surface area contributed by atoms with Gasteiger partial charge in [-0.3, -0.25) is 0 Å². The molecule has 0 saturated heterocycles. The average Bonchev–Trinajstić information content (AvgIpc) is 0.771. The lowest BCUT2D eigenvalue weighted by molar-refractivity contribution is 0.590. The highest BCUT2D eigenvalue weighted by Gasteiger charge is 2.47. The van der Waals surface area contributed by atoms with E-state index in [2.05, 4.69) is 281 Å². The van der Waals surface area contributed by atoms with Crippen LogP contribution in [0.15, 0.2) is 332 Å². The summed E-state index contributed by atoms with van der Waals surface area (Å²) in [7, 11) is 0. The van der Waals surface area contributed by atoms with Gasteiger partial charge in [-0.1, -0.05) is 298 Å². The van der Waals surface area contributed by atoms with E-state index in [0.717, 1.165) is 110 Å². The summed E-state index contributed by atoms with van der Waals surface area (Å²) in [6, 6.07) is 71.8. The van der Waals surface area contributed by atoms with Crippen LogP contribution >= 0.6 is 0 Å². The van der Waals surface area contributed by atoms with E-state index >= 15 is 0 Å². The van der Waals surface area contributed by atoms with Crippen molar-refractivity contribution < 1.29 is 26.3 Å². The molecule has 0 aliphatic carbocycles. The molecule has 23 rings (SSSR count). The number of para-hydroxylation sites is 6. The maximum Gasteiger partial charge on any atom is 0.252 e. The largest absolute Gasteiger partial charge is 0.452 e. The SMILES string of the molecule is [2H]c1c([2H])c([2H])c2c(c1[2H])c1c([2H])c([2H])c([2H])c([2H])c1n2-c1ccc2c(c1)N(c1c(-c3ccccc3)cc(C(C)(C)C)cc1-c1ccccc1)c1cc(-n3c4c([2H])c([2H])c([2H])c([2H])c4c4c([2H])c([2H])c([2H])c([2H])c43)cc3c1B2c1ccc(-n2c4ccc(C(C)(C)C)cc4c4cc(C(C)(C)C)ccc42)cc1N3c1cccc2c1oc1c(-n3c4ccc(C(C)(C)C)cc4c4cc(C(C)(C)C)ccc43)cccc12. The maximum atomic E-state index is 10.4. The smallest absolute Gasteiger partial charge is 0.252 e. The fraction of sp³-hybridized carbons (Fsp3) is 0.172. The van der Waals surface area contributed by atoms with Crippen LogP contribution in [-0.4, -0.2) is 25.0 Å². The fourth-order valence-electron chi connectivity index (χ4n) is 19.8. The van der Waals surface area contributed by atoms with Gasteiger partial charge in [-0.25, -0.2) is 0 Å². The third kappa shape index (κ3) is 11.4. The van der Waals surface area contributed by atoms with Crippen molar-refractivity contribution in [2.45, 2.75) is 131 Å². The number of hydrogen-bond acceptors (Lipinski definition) is 3. The molecule has 0 radical (unpaired) electrons. The average molecular weight is 1620 g/mol. The fourth-order valence-corrected chi connectivity index (χ4v) is 19.8. The molecule has 0 saturated carbocycles. The summed E-state index contributed by atoms with van der Waals surface area (Å²) in [6.07, 6.45) is 0. The van der Waals surface area contributed by atoms with Crippen LogP contribution in [0.3, 0.4) is 0 Å². The first-order chi connectivity index (χ1) is 66.3. The molecule has 21 aromatic rings. The predicted octanol–water partition coefficient (Wildman–Crippen LogP) is 29.9. The van der Waals surface area contributed by atoms with Crippen LogP contribution in [-0.2, 0) is 27.1 Å². The number of hydrogen-bond donors (Lipinski definition) is 0. The van der Waals surface area contributed by atoms with Gasteiger partial charge in [-0.2, -0.15) is 0 Å². The normalized spacial score (nSPS) is 15.2. The van der Waals surface area contributed by atoms with Gasteiger partial charge in [-0.05, 0) is 216 Å². The second kappa shape index (κ2) is 26.8. The van der Waals surface area contributed by atoms with Crippen LogP contribution in [0, 0.1) is 0 Å². The topological polar surface area (TPSA) is 39.3 Å². The standard InChI is InChI=1S/C116H99BN6O/c1-112(2,3)72-48-56-98-88(60-72)89-61-73(113(4,5)6)49-57-99(89)119(98)77-52-54-92-104(66-77)122(103-47-31-41-85-84-40-30-46-102(110(84)124-111(85)103)121-100-58-50-74(114(7,8)9)62-90(100)91-63-75(115(10,11)12)51-59-101(91)121)106-68-79(120-96-44-28-24-38-82(96)83-39-25-29-45-97(83)120)69-107-108(106)117(92)93-55-53-78(118-94-42-26-22-36-80(94)81-37-23-27-43-95(81)118)67-105(93)123(107)109-86(70-32-18-16-19-33-70)64-76(116(13,14)15)65-87(109)71-34-20-17-21-35-71/h16-69H,1-15H3/i22D,23D,24D,25D,26D,27D,28D,29D,36D,37D,38D,39D,42D,43D,44D,45D. The van der Waals surface area contributed by atoms with Gasteiger partial charge in [0.1, 0.15) is 0 Å². The van der Waals surface area contributed by atoms with Gasteiger partial charge < -0.3 is 32.5 Å². The van der Waals surface area contributed by atoms with E-state index in [1.165, 1.54) is 11.1 Å². The Morgan fingerprint density at radius 3 is 0.992 bits per heavy atom. The molecule has 124 heavy (non-hydrogen) atoms. The van der Waals surface area contributed by atoms with Crippen molar-refractivity contribution >= 4 is 166 Å². The Morgan fingerprint density at radius 2 is 0.589 bits per heavy atom. The first kappa shape index (κ1) is 59.8. The summed E-state index contributed by atoms with van der Waals surface area (Å²) in [6.45, 7) is 32.5. The molecule has 602 valence electrons. The van der Waals surface area contributed by atoms with Crippen molar-refractivity contribution in [1.82, 2.24) is 18.3 Å². The lowest BCUT2D eigenvalue weighted by atomic mass is 9.33. The van der Waals surface area contributed by atoms with Crippen LogP contribution in [0.5, 0.6) is 0 Å². The zero-order valence-electron chi connectivity index (χ0n) is 88.1. The summed E-state index contributed by atoms with van der Waals surface area (Å²) in [5.74, 6) is 0. The number of aromatic nitrogens is 4. The first-order valence-electron chi connectivity index (χ1n) is 50.8. The van der Waals surface area contributed by atoms with E-state index in [1.807, 2.05) is 72.8 Å². The minimum atomic E-state index is -0.861. The van der Waals surface area contributed by atoms with E-state index in [4.69, 9.17) is 4.42 Å². The molecule has 0 amide bonds. The Kier molecular flexibility index (Phi) is 12.9. The molecular weight excluding hydrogens is 1500 g/mol. The third-order valence-electron chi connectivity index (χ3n) is 26.2. The molecule has 5 aromatic heterocycles. The Morgan fingerprint density at radius 1 is 0.250 bits per heavy atom. The molecule has 0 atom stereocenters. The quantitative estimate of drug-likeness (QED) is 0.142. The van der Waals surface area contributed by atoms with Crippen molar-refractivity contribution in [3.63, 3.8) is 0 Å².